The lowest BCUT2D eigenvalue weighted by molar-refractivity contribution is 0.516. The van der Waals surface area contributed by atoms with Crippen LogP contribution in [0.5, 0.6) is 0 Å². The Hall–Kier alpha value is -3.57. The SMILES string of the molecule is CCCCCCCCn1cc(-c2cc(-c3nn[nH]n3)nc(-c3nn[nH]n3)c2)nn1. The maximum atomic E-state index is 4.51. The van der Waals surface area contributed by atoms with Gasteiger partial charge in [-0.15, -0.1) is 25.5 Å². The van der Waals surface area contributed by atoms with Gasteiger partial charge in [-0.25, -0.2) is 4.98 Å². The van der Waals surface area contributed by atoms with E-state index in [1.54, 1.807) is 0 Å². The van der Waals surface area contributed by atoms with Gasteiger partial charge >= 0.3 is 0 Å². The lowest BCUT2D eigenvalue weighted by atomic mass is 10.1. The first kappa shape index (κ1) is 18.8. The molecule has 29 heavy (non-hydrogen) atoms. The fourth-order valence-electron chi connectivity index (χ4n) is 3.04. The summed E-state index contributed by atoms with van der Waals surface area (Å²) in [6.45, 7) is 3.07. The van der Waals surface area contributed by atoms with E-state index in [1.165, 1.54) is 32.1 Å². The number of tetrazole rings is 2. The van der Waals surface area contributed by atoms with Gasteiger partial charge in [0.05, 0.1) is 6.20 Å². The monoisotopic (exact) mass is 394 g/mol. The molecule has 2 N–H and O–H groups in total. The van der Waals surface area contributed by atoms with Gasteiger partial charge in [0.2, 0.25) is 11.6 Å². The number of aryl methyl sites for hydroxylation is 1. The molecule has 4 heterocycles. The molecule has 0 unspecified atom stereocenters. The topological polar surface area (TPSA) is 153 Å². The number of rotatable bonds is 10. The number of pyridine rings is 1. The Kier molecular flexibility index (Phi) is 5.88. The first-order chi connectivity index (χ1) is 14.3. The molecular formula is C17H22N12. The molecule has 0 atom stereocenters. The molecule has 0 amide bonds. The highest BCUT2D eigenvalue weighted by Gasteiger charge is 2.15. The highest BCUT2D eigenvalue weighted by molar-refractivity contribution is 5.70. The molecule has 4 aromatic rings. The predicted molar refractivity (Wildman–Crippen MR) is 103 cm³/mol. The van der Waals surface area contributed by atoms with Crippen LogP contribution >= 0.6 is 0 Å². The molecule has 12 heteroatoms. The number of hydrogen-bond donors (Lipinski definition) is 2. The molecule has 0 aliphatic carbocycles. The van der Waals surface area contributed by atoms with Crippen molar-refractivity contribution in [3.05, 3.63) is 18.3 Å². The molecule has 0 aliphatic rings. The van der Waals surface area contributed by atoms with Crippen molar-refractivity contribution in [2.75, 3.05) is 0 Å². The fraction of sp³-hybridized carbons (Fsp3) is 0.471. The molecule has 0 fully saturated rings. The number of hydrogen-bond acceptors (Lipinski definition) is 9. The van der Waals surface area contributed by atoms with Gasteiger partial charge < -0.3 is 0 Å². The van der Waals surface area contributed by atoms with Crippen LogP contribution in [0, 0.1) is 0 Å². The number of nitrogens with zero attached hydrogens (tertiary/aromatic N) is 10. The quantitative estimate of drug-likeness (QED) is 0.385. The van der Waals surface area contributed by atoms with Gasteiger partial charge in [0, 0.05) is 12.1 Å². The minimum Gasteiger partial charge on any atom is -0.252 e. The Morgan fingerprint density at radius 1 is 0.793 bits per heavy atom. The van der Waals surface area contributed by atoms with Gasteiger partial charge in [-0.3, -0.25) is 4.68 Å². The van der Waals surface area contributed by atoms with Crippen LogP contribution in [0.2, 0.25) is 0 Å². The summed E-state index contributed by atoms with van der Waals surface area (Å²) in [6, 6.07) is 3.68. The molecule has 4 aromatic heterocycles. The Labute approximate surface area is 166 Å². The predicted octanol–water partition coefficient (Wildman–Crippen LogP) is 2.06. The third-order valence-electron chi connectivity index (χ3n) is 4.55. The van der Waals surface area contributed by atoms with Crippen molar-refractivity contribution in [3.8, 4) is 34.3 Å². The number of aromatic amines is 2. The van der Waals surface area contributed by atoms with E-state index in [1.807, 2.05) is 23.0 Å². The Morgan fingerprint density at radius 3 is 2.07 bits per heavy atom. The van der Waals surface area contributed by atoms with Crippen molar-refractivity contribution in [3.63, 3.8) is 0 Å². The highest BCUT2D eigenvalue weighted by atomic mass is 15.5. The largest absolute Gasteiger partial charge is 0.252 e. The molecule has 0 saturated carbocycles. The van der Waals surface area contributed by atoms with Gasteiger partial charge in [-0.1, -0.05) is 44.2 Å². The molecular weight excluding hydrogens is 372 g/mol. The van der Waals surface area contributed by atoms with E-state index in [-0.39, 0.29) is 0 Å². The van der Waals surface area contributed by atoms with Gasteiger partial charge in [-0.05, 0) is 29.0 Å². The summed E-state index contributed by atoms with van der Waals surface area (Å²) in [5.41, 5.74) is 2.60. The van der Waals surface area contributed by atoms with E-state index in [0.29, 0.717) is 23.0 Å². The maximum Gasteiger partial charge on any atom is 0.223 e. The van der Waals surface area contributed by atoms with E-state index in [2.05, 4.69) is 63.5 Å². The van der Waals surface area contributed by atoms with Crippen molar-refractivity contribution >= 4 is 0 Å². The fourth-order valence-corrected chi connectivity index (χ4v) is 3.04. The van der Waals surface area contributed by atoms with E-state index >= 15 is 0 Å². The average molecular weight is 394 g/mol. The minimum absolute atomic E-state index is 0.371. The van der Waals surface area contributed by atoms with Crippen LogP contribution < -0.4 is 0 Å². The van der Waals surface area contributed by atoms with E-state index in [9.17, 15) is 0 Å². The molecule has 0 radical (unpaired) electrons. The molecule has 0 bridgehead atoms. The molecule has 0 aliphatic heterocycles. The molecule has 0 saturated heterocycles. The normalized spacial score (nSPS) is 11.2. The zero-order valence-electron chi connectivity index (χ0n) is 16.2. The molecule has 0 aromatic carbocycles. The second kappa shape index (κ2) is 9.08. The van der Waals surface area contributed by atoms with Gasteiger partial charge in [0.15, 0.2) is 0 Å². The Bertz CT molecular complexity index is 953. The summed E-state index contributed by atoms with van der Waals surface area (Å²) in [5.74, 6) is 0.743. The third-order valence-corrected chi connectivity index (χ3v) is 4.55. The smallest absolute Gasteiger partial charge is 0.223 e. The number of unbranched alkanes of at least 4 members (excludes halogenated alkanes) is 5. The average Bonchev–Trinajstić information content (AvgIpc) is 3.52. The van der Waals surface area contributed by atoms with Crippen molar-refractivity contribution in [1.82, 2.24) is 61.2 Å². The minimum atomic E-state index is 0.371. The Balaban J connectivity index is 1.53. The van der Waals surface area contributed by atoms with Crippen LogP contribution in [-0.4, -0.2) is 61.2 Å². The van der Waals surface area contributed by atoms with Crippen molar-refractivity contribution < 1.29 is 0 Å². The van der Waals surface area contributed by atoms with Gasteiger partial charge in [0.25, 0.3) is 0 Å². The van der Waals surface area contributed by atoms with Crippen LogP contribution in [0.25, 0.3) is 34.3 Å². The summed E-state index contributed by atoms with van der Waals surface area (Å²) < 4.78 is 1.87. The lowest BCUT2D eigenvalue weighted by Crippen LogP contribution is -1.98. The van der Waals surface area contributed by atoms with Crippen LogP contribution in [0.1, 0.15) is 45.4 Å². The summed E-state index contributed by atoms with van der Waals surface area (Å²) in [6.07, 6.45) is 9.35. The molecule has 0 spiro atoms. The van der Waals surface area contributed by atoms with E-state index < -0.39 is 0 Å². The first-order valence-corrected chi connectivity index (χ1v) is 9.73. The highest BCUT2D eigenvalue weighted by Crippen LogP contribution is 2.25. The molecule has 150 valence electrons. The summed E-state index contributed by atoms with van der Waals surface area (Å²) in [7, 11) is 0. The van der Waals surface area contributed by atoms with Gasteiger partial charge in [-0.2, -0.15) is 10.4 Å². The van der Waals surface area contributed by atoms with Crippen LogP contribution in [0.3, 0.4) is 0 Å². The number of H-pyrrole nitrogens is 2. The lowest BCUT2D eigenvalue weighted by Gasteiger charge is -2.03. The third kappa shape index (κ3) is 4.65. The number of nitrogens with one attached hydrogen (secondary N) is 2. The van der Waals surface area contributed by atoms with Crippen molar-refractivity contribution in [2.45, 2.75) is 52.0 Å². The van der Waals surface area contributed by atoms with Crippen molar-refractivity contribution in [2.24, 2.45) is 0 Å². The zero-order chi connectivity index (χ0) is 19.9. The first-order valence-electron chi connectivity index (χ1n) is 9.73. The van der Waals surface area contributed by atoms with Crippen LogP contribution in [0.15, 0.2) is 18.3 Å². The summed E-state index contributed by atoms with van der Waals surface area (Å²) >= 11 is 0. The van der Waals surface area contributed by atoms with Crippen LogP contribution in [0.4, 0.5) is 0 Å². The van der Waals surface area contributed by atoms with Crippen LogP contribution in [-0.2, 0) is 6.54 Å². The molecule has 4 rings (SSSR count). The van der Waals surface area contributed by atoms with E-state index in [4.69, 9.17) is 0 Å². The standard InChI is InChI=1S/C17H22N12/c1-2-3-4-5-6-7-8-29-11-15(19-28-29)12-9-13(16-20-24-25-21-16)18-14(10-12)17-22-26-27-23-17/h9-11H,2-8H2,1H3,(H,20,21,24,25)(H,22,23,26,27). The van der Waals surface area contributed by atoms with E-state index in [0.717, 1.165) is 24.2 Å². The van der Waals surface area contributed by atoms with Crippen molar-refractivity contribution in [1.29, 1.82) is 0 Å². The Morgan fingerprint density at radius 2 is 1.45 bits per heavy atom. The zero-order valence-corrected chi connectivity index (χ0v) is 16.2. The van der Waals surface area contributed by atoms with Gasteiger partial charge in [0.1, 0.15) is 17.1 Å². The number of aromatic nitrogens is 12. The molecule has 12 nitrogen and oxygen atoms in total. The maximum absolute atomic E-state index is 4.51. The summed E-state index contributed by atoms with van der Waals surface area (Å²) in [5, 5.41) is 36.7. The second-order valence-electron chi connectivity index (χ2n) is 6.73. The summed E-state index contributed by atoms with van der Waals surface area (Å²) in [4.78, 5) is 4.51. The second-order valence-corrected chi connectivity index (χ2v) is 6.73.